The van der Waals surface area contributed by atoms with E-state index in [0.717, 1.165) is 12.1 Å². The van der Waals surface area contributed by atoms with Crippen molar-refractivity contribution in [3.05, 3.63) is 42.0 Å². The van der Waals surface area contributed by atoms with E-state index in [-0.39, 0.29) is 11.8 Å². The summed E-state index contributed by atoms with van der Waals surface area (Å²) in [6, 6.07) is 9.67. The fourth-order valence-corrected chi connectivity index (χ4v) is 2.31. The smallest absolute Gasteiger partial charge is 0.232 e. The standard InChI is InChI=1S/C14H15N3O2/c1-2-12-15-14(19-16-12)10-8-13(18)17(9-10)11-6-4-3-5-7-11/h3-7,10H,2,8-9H2,1H3/t10-/m0/s1. The average molecular weight is 257 g/mol. The summed E-state index contributed by atoms with van der Waals surface area (Å²) in [5.74, 6) is 1.37. The van der Waals surface area contributed by atoms with Gasteiger partial charge in [-0.2, -0.15) is 4.98 Å². The summed E-state index contributed by atoms with van der Waals surface area (Å²) >= 11 is 0. The average Bonchev–Trinajstić information content (AvgIpc) is 3.06. The molecule has 2 heterocycles. The number of aromatic nitrogens is 2. The highest BCUT2D eigenvalue weighted by Gasteiger charge is 2.34. The van der Waals surface area contributed by atoms with Gasteiger partial charge in [-0.15, -0.1) is 0 Å². The van der Waals surface area contributed by atoms with Gasteiger partial charge in [-0.05, 0) is 12.1 Å². The molecule has 0 spiro atoms. The van der Waals surface area contributed by atoms with Crippen LogP contribution in [-0.2, 0) is 11.2 Å². The van der Waals surface area contributed by atoms with Gasteiger partial charge in [0.2, 0.25) is 11.8 Å². The van der Waals surface area contributed by atoms with Crippen molar-refractivity contribution in [3.8, 4) is 0 Å². The van der Waals surface area contributed by atoms with Gasteiger partial charge in [0.15, 0.2) is 5.82 Å². The van der Waals surface area contributed by atoms with Crippen LogP contribution in [0.1, 0.15) is 31.0 Å². The van der Waals surface area contributed by atoms with E-state index in [1.165, 1.54) is 0 Å². The van der Waals surface area contributed by atoms with Crippen LogP contribution in [0.25, 0.3) is 0 Å². The minimum absolute atomic E-state index is 0.000469. The molecule has 1 aromatic heterocycles. The third-order valence-corrected chi connectivity index (χ3v) is 3.34. The van der Waals surface area contributed by atoms with Crippen molar-refractivity contribution in [2.24, 2.45) is 0 Å². The Labute approximate surface area is 111 Å². The van der Waals surface area contributed by atoms with Crippen LogP contribution < -0.4 is 4.90 Å². The molecule has 0 bridgehead atoms. The molecule has 3 rings (SSSR count). The lowest BCUT2D eigenvalue weighted by Gasteiger charge is -2.15. The second-order valence-corrected chi connectivity index (χ2v) is 4.64. The highest BCUT2D eigenvalue weighted by Crippen LogP contribution is 2.30. The van der Waals surface area contributed by atoms with Gasteiger partial charge in [0.25, 0.3) is 0 Å². The van der Waals surface area contributed by atoms with E-state index in [1.54, 1.807) is 4.90 Å². The Balaban J connectivity index is 1.80. The number of para-hydroxylation sites is 1. The van der Waals surface area contributed by atoms with Crippen molar-refractivity contribution in [2.75, 3.05) is 11.4 Å². The summed E-state index contributed by atoms with van der Waals surface area (Å²) in [6.45, 7) is 2.58. The number of carbonyl (C=O) groups is 1. The molecular formula is C14H15N3O2. The van der Waals surface area contributed by atoms with E-state index in [1.807, 2.05) is 37.3 Å². The Morgan fingerprint density at radius 3 is 2.84 bits per heavy atom. The van der Waals surface area contributed by atoms with Gasteiger partial charge in [-0.1, -0.05) is 30.3 Å². The molecule has 1 atom stereocenters. The zero-order valence-electron chi connectivity index (χ0n) is 10.7. The van der Waals surface area contributed by atoms with E-state index >= 15 is 0 Å². The SMILES string of the molecule is CCc1noc([C@H]2CC(=O)N(c3ccccc3)C2)n1. The zero-order valence-corrected chi connectivity index (χ0v) is 10.7. The van der Waals surface area contributed by atoms with Crippen LogP contribution in [0.3, 0.4) is 0 Å². The highest BCUT2D eigenvalue weighted by molar-refractivity contribution is 5.96. The highest BCUT2D eigenvalue weighted by atomic mass is 16.5. The van der Waals surface area contributed by atoms with Gasteiger partial charge in [0.1, 0.15) is 0 Å². The number of anilines is 1. The van der Waals surface area contributed by atoms with Crippen LogP contribution in [0, 0.1) is 0 Å². The van der Waals surface area contributed by atoms with Crippen molar-refractivity contribution in [1.29, 1.82) is 0 Å². The maximum atomic E-state index is 12.1. The molecule has 0 saturated carbocycles. The number of rotatable bonds is 3. The van der Waals surface area contributed by atoms with Crippen molar-refractivity contribution < 1.29 is 9.32 Å². The molecule has 1 saturated heterocycles. The van der Waals surface area contributed by atoms with E-state index in [2.05, 4.69) is 10.1 Å². The number of carbonyl (C=O) groups excluding carboxylic acids is 1. The van der Waals surface area contributed by atoms with Crippen molar-refractivity contribution >= 4 is 11.6 Å². The van der Waals surface area contributed by atoms with E-state index in [0.29, 0.717) is 24.7 Å². The largest absolute Gasteiger partial charge is 0.339 e. The topological polar surface area (TPSA) is 59.2 Å². The molecule has 0 N–H and O–H groups in total. The Morgan fingerprint density at radius 1 is 1.37 bits per heavy atom. The minimum atomic E-state index is 0.000469. The Kier molecular flexibility index (Phi) is 3.03. The molecule has 0 radical (unpaired) electrons. The molecule has 1 amide bonds. The normalized spacial score (nSPS) is 19.1. The van der Waals surface area contributed by atoms with E-state index < -0.39 is 0 Å². The molecule has 5 nitrogen and oxygen atoms in total. The maximum absolute atomic E-state index is 12.1. The Hall–Kier alpha value is -2.17. The first-order valence-corrected chi connectivity index (χ1v) is 6.46. The van der Waals surface area contributed by atoms with Crippen LogP contribution in [-0.4, -0.2) is 22.6 Å². The molecule has 1 aromatic carbocycles. The molecule has 0 aliphatic carbocycles. The van der Waals surface area contributed by atoms with Gasteiger partial charge in [-0.25, -0.2) is 0 Å². The van der Waals surface area contributed by atoms with Crippen LogP contribution >= 0.6 is 0 Å². The van der Waals surface area contributed by atoms with Crippen LogP contribution in [0.4, 0.5) is 5.69 Å². The molecule has 1 aliphatic heterocycles. The van der Waals surface area contributed by atoms with Gasteiger partial charge >= 0.3 is 0 Å². The van der Waals surface area contributed by atoms with Crippen LogP contribution in [0.15, 0.2) is 34.9 Å². The number of benzene rings is 1. The molecule has 5 heteroatoms. The summed E-state index contributed by atoms with van der Waals surface area (Å²) in [7, 11) is 0. The van der Waals surface area contributed by atoms with Crippen LogP contribution in [0.2, 0.25) is 0 Å². The Bertz CT molecular complexity index is 579. The maximum Gasteiger partial charge on any atom is 0.232 e. The van der Waals surface area contributed by atoms with Gasteiger partial charge < -0.3 is 9.42 Å². The van der Waals surface area contributed by atoms with E-state index in [4.69, 9.17) is 4.52 Å². The monoisotopic (exact) mass is 257 g/mol. The fraction of sp³-hybridized carbons (Fsp3) is 0.357. The van der Waals surface area contributed by atoms with Crippen molar-refractivity contribution in [3.63, 3.8) is 0 Å². The second-order valence-electron chi connectivity index (χ2n) is 4.64. The van der Waals surface area contributed by atoms with Gasteiger partial charge in [0.05, 0.1) is 5.92 Å². The lowest BCUT2D eigenvalue weighted by molar-refractivity contribution is -0.117. The third kappa shape index (κ3) is 2.23. The second kappa shape index (κ2) is 4.84. The summed E-state index contributed by atoms with van der Waals surface area (Å²) in [6.07, 6.45) is 1.17. The molecule has 0 unspecified atom stereocenters. The quantitative estimate of drug-likeness (QED) is 0.845. The van der Waals surface area contributed by atoms with Crippen molar-refractivity contribution in [2.45, 2.75) is 25.7 Å². The van der Waals surface area contributed by atoms with E-state index in [9.17, 15) is 4.79 Å². The molecule has 2 aromatic rings. The minimum Gasteiger partial charge on any atom is -0.339 e. The molecular weight excluding hydrogens is 242 g/mol. The number of amides is 1. The first kappa shape index (κ1) is 11.9. The molecule has 19 heavy (non-hydrogen) atoms. The Morgan fingerprint density at radius 2 is 2.16 bits per heavy atom. The lowest BCUT2D eigenvalue weighted by Crippen LogP contribution is -2.24. The zero-order chi connectivity index (χ0) is 13.2. The summed E-state index contributed by atoms with van der Waals surface area (Å²) in [5, 5.41) is 3.89. The van der Waals surface area contributed by atoms with Crippen molar-refractivity contribution in [1.82, 2.24) is 10.1 Å². The number of nitrogens with zero attached hydrogens (tertiary/aromatic N) is 3. The predicted molar refractivity (Wildman–Crippen MR) is 69.8 cm³/mol. The number of aryl methyl sites for hydroxylation is 1. The fourth-order valence-electron chi connectivity index (χ4n) is 2.31. The lowest BCUT2D eigenvalue weighted by atomic mass is 10.1. The summed E-state index contributed by atoms with van der Waals surface area (Å²) in [4.78, 5) is 18.2. The summed E-state index contributed by atoms with van der Waals surface area (Å²) in [5.41, 5.74) is 0.922. The first-order chi connectivity index (χ1) is 9.28. The number of hydrogen-bond acceptors (Lipinski definition) is 4. The molecule has 98 valence electrons. The summed E-state index contributed by atoms with van der Waals surface area (Å²) < 4.78 is 5.23. The number of hydrogen-bond donors (Lipinski definition) is 0. The van der Waals surface area contributed by atoms with Gasteiger partial charge in [0, 0.05) is 25.1 Å². The molecule has 1 fully saturated rings. The predicted octanol–water partition coefficient (Wildman–Crippen LogP) is 2.15. The molecule has 1 aliphatic rings. The first-order valence-electron chi connectivity index (χ1n) is 6.46. The van der Waals surface area contributed by atoms with Crippen LogP contribution in [0.5, 0.6) is 0 Å². The third-order valence-electron chi connectivity index (χ3n) is 3.34. The van der Waals surface area contributed by atoms with Gasteiger partial charge in [-0.3, -0.25) is 4.79 Å².